The number of aromatic nitrogens is 3. The fraction of sp³-hybridized carbons (Fsp3) is 0.591. The van der Waals surface area contributed by atoms with E-state index >= 15 is 0 Å². The Bertz CT molecular complexity index is 837. The van der Waals surface area contributed by atoms with Gasteiger partial charge >= 0.3 is 0 Å². The van der Waals surface area contributed by atoms with Crippen molar-refractivity contribution in [2.75, 3.05) is 11.6 Å². The summed E-state index contributed by atoms with van der Waals surface area (Å²) in [5, 5.41) is 11.9. The number of nitrogen functional groups attached to an aromatic ring is 1. The molecule has 8 heteroatoms. The molecular formula is C22H33N5O2S. The number of carbonyl (C=O) groups is 1. The van der Waals surface area contributed by atoms with Gasteiger partial charge in [-0.1, -0.05) is 64.4 Å². The molecule has 0 spiro atoms. The number of nitrogens with two attached hydrogens (primary N) is 1. The summed E-state index contributed by atoms with van der Waals surface area (Å²) < 4.78 is 7.17. The van der Waals surface area contributed by atoms with E-state index in [1.54, 1.807) is 0 Å². The lowest BCUT2D eigenvalue weighted by Gasteiger charge is -2.34. The quantitative estimate of drug-likeness (QED) is 0.488. The van der Waals surface area contributed by atoms with E-state index < -0.39 is 0 Å². The second kappa shape index (κ2) is 10.2. The van der Waals surface area contributed by atoms with E-state index in [1.807, 2.05) is 12.1 Å². The predicted molar refractivity (Wildman–Crippen MR) is 120 cm³/mol. The van der Waals surface area contributed by atoms with Gasteiger partial charge in [0.1, 0.15) is 12.4 Å². The highest BCUT2D eigenvalue weighted by Gasteiger charge is 2.28. The van der Waals surface area contributed by atoms with Crippen LogP contribution in [0.2, 0.25) is 0 Å². The zero-order valence-electron chi connectivity index (χ0n) is 18.3. The standard InChI is InChI=1S/C22H33N5O2S/c1-14(2)17-8-10-18(11-9-17)29-12-20-25-26-22(27(20)23)30-13-21(28)24-19-7-5-6-15(3)16(19)4/h8-11,14-16,19H,5-7,12-13,23H2,1-4H3,(H,24,28)/t15-,16+,19+/m0/s1. The summed E-state index contributed by atoms with van der Waals surface area (Å²) in [7, 11) is 0. The SMILES string of the molecule is CC(C)c1ccc(OCc2nnc(SCC(=O)N[C@@H]3CCC[C@H](C)[C@H]3C)n2N)cc1. The largest absolute Gasteiger partial charge is 0.486 e. The minimum absolute atomic E-state index is 0.0111. The van der Waals surface area contributed by atoms with Gasteiger partial charge in [0.05, 0.1) is 5.75 Å². The fourth-order valence-corrected chi connectivity index (χ4v) is 4.45. The normalized spacial score (nSPS) is 21.6. The van der Waals surface area contributed by atoms with Crippen molar-refractivity contribution in [1.29, 1.82) is 0 Å². The highest BCUT2D eigenvalue weighted by molar-refractivity contribution is 7.99. The Morgan fingerprint density at radius 2 is 2.00 bits per heavy atom. The van der Waals surface area contributed by atoms with Crippen molar-refractivity contribution in [2.45, 2.75) is 70.7 Å². The van der Waals surface area contributed by atoms with Gasteiger partial charge in [0.25, 0.3) is 0 Å². The molecule has 1 saturated carbocycles. The van der Waals surface area contributed by atoms with Gasteiger partial charge in [-0.25, -0.2) is 4.68 Å². The van der Waals surface area contributed by atoms with Crippen LogP contribution in [0.5, 0.6) is 5.75 Å². The minimum atomic E-state index is 0.0111. The van der Waals surface area contributed by atoms with Crippen LogP contribution in [0.15, 0.2) is 29.4 Å². The first kappa shape index (κ1) is 22.5. The zero-order chi connectivity index (χ0) is 21.7. The molecular weight excluding hydrogens is 398 g/mol. The molecule has 0 bridgehead atoms. The summed E-state index contributed by atoms with van der Waals surface area (Å²) in [5.41, 5.74) is 1.26. The number of thioether (sulfide) groups is 1. The van der Waals surface area contributed by atoms with Crippen LogP contribution in [0, 0.1) is 11.8 Å². The number of nitrogens with zero attached hydrogens (tertiary/aromatic N) is 3. The molecule has 3 rings (SSSR count). The molecule has 1 aromatic carbocycles. The van der Waals surface area contributed by atoms with Gasteiger partial charge in [0, 0.05) is 6.04 Å². The molecule has 1 aliphatic carbocycles. The Kier molecular flexibility index (Phi) is 7.64. The lowest BCUT2D eigenvalue weighted by Crippen LogP contribution is -2.44. The van der Waals surface area contributed by atoms with Crippen LogP contribution in [-0.2, 0) is 11.4 Å². The third kappa shape index (κ3) is 5.68. The molecule has 164 valence electrons. The van der Waals surface area contributed by atoms with Crippen LogP contribution in [0.3, 0.4) is 0 Å². The van der Waals surface area contributed by atoms with E-state index in [0.717, 1.165) is 12.2 Å². The summed E-state index contributed by atoms with van der Waals surface area (Å²) >= 11 is 1.29. The molecule has 3 atom stereocenters. The maximum atomic E-state index is 12.4. The van der Waals surface area contributed by atoms with Gasteiger partial charge < -0.3 is 15.9 Å². The molecule has 1 amide bonds. The Balaban J connectivity index is 1.48. The Morgan fingerprint density at radius 3 is 2.70 bits per heavy atom. The molecule has 0 unspecified atom stereocenters. The second-order valence-corrected chi connectivity index (χ2v) is 9.45. The summed E-state index contributed by atoms with van der Waals surface area (Å²) in [5.74, 6) is 9.28. The minimum Gasteiger partial charge on any atom is -0.486 e. The van der Waals surface area contributed by atoms with Crippen LogP contribution in [0.4, 0.5) is 0 Å². The summed E-state index contributed by atoms with van der Waals surface area (Å²) in [6, 6.07) is 8.25. The first-order chi connectivity index (χ1) is 14.3. The summed E-state index contributed by atoms with van der Waals surface area (Å²) in [4.78, 5) is 12.4. The molecule has 0 radical (unpaired) electrons. The molecule has 2 aromatic rings. The number of hydrogen-bond donors (Lipinski definition) is 2. The van der Waals surface area contributed by atoms with Crippen molar-refractivity contribution >= 4 is 17.7 Å². The van der Waals surface area contributed by atoms with Crippen molar-refractivity contribution in [2.24, 2.45) is 11.8 Å². The maximum absolute atomic E-state index is 12.4. The van der Waals surface area contributed by atoms with Gasteiger partial charge in [-0.15, -0.1) is 10.2 Å². The number of ether oxygens (including phenoxy) is 1. The Morgan fingerprint density at radius 1 is 1.27 bits per heavy atom. The van der Waals surface area contributed by atoms with Gasteiger partial charge in [-0.05, 0) is 41.9 Å². The van der Waals surface area contributed by atoms with Crippen molar-refractivity contribution < 1.29 is 9.53 Å². The molecule has 1 aliphatic rings. The van der Waals surface area contributed by atoms with Crippen LogP contribution in [0.1, 0.15) is 64.3 Å². The molecule has 1 fully saturated rings. The van der Waals surface area contributed by atoms with Crippen molar-refractivity contribution in [3.05, 3.63) is 35.7 Å². The van der Waals surface area contributed by atoms with Gasteiger partial charge in [-0.2, -0.15) is 0 Å². The molecule has 0 aliphatic heterocycles. The number of rotatable bonds is 8. The molecule has 3 N–H and O–H groups in total. The number of nitrogens with one attached hydrogen (secondary N) is 1. The van der Waals surface area contributed by atoms with E-state index in [4.69, 9.17) is 10.6 Å². The Hall–Kier alpha value is -2.22. The summed E-state index contributed by atoms with van der Waals surface area (Å²) in [6.45, 7) is 9.01. The Labute approximate surface area is 183 Å². The van der Waals surface area contributed by atoms with E-state index in [9.17, 15) is 4.79 Å². The molecule has 1 heterocycles. The average Bonchev–Trinajstić information content (AvgIpc) is 3.08. The van der Waals surface area contributed by atoms with Gasteiger partial charge in [-0.3, -0.25) is 4.79 Å². The van der Waals surface area contributed by atoms with E-state index in [0.29, 0.717) is 28.7 Å². The number of hydrogen-bond acceptors (Lipinski definition) is 6. The molecule has 7 nitrogen and oxygen atoms in total. The number of benzene rings is 1. The summed E-state index contributed by atoms with van der Waals surface area (Å²) in [6.07, 6.45) is 3.46. The van der Waals surface area contributed by atoms with Gasteiger partial charge in [0.2, 0.25) is 11.1 Å². The molecule has 30 heavy (non-hydrogen) atoms. The average molecular weight is 432 g/mol. The zero-order valence-corrected chi connectivity index (χ0v) is 19.1. The predicted octanol–water partition coefficient (Wildman–Crippen LogP) is 3.73. The molecule has 1 aromatic heterocycles. The number of amides is 1. The maximum Gasteiger partial charge on any atom is 0.230 e. The van der Waals surface area contributed by atoms with E-state index in [2.05, 4.69) is 55.3 Å². The lowest BCUT2D eigenvalue weighted by molar-refractivity contribution is -0.120. The monoisotopic (exact) mass is 431 g/mol. The first-order valence-electron chi connectivity index (χ1n) is 10.7. The van der Waals surface area contributed by atoms with E-state index in [1.165, 1.54) is 34.8 Å². The van der Waals surface area contributed by atoms with Crippen LogP contribution < -0.4 is 15.9 Å². The third-order valence-electron chi connectivity index (χ3n) is 6.04. The second-order valence-electron chi connectivity index (χ2n) is 8.51. The highest BCUT2D eigenvalue weighted by atomic mass is 32.2. The van der Waals surface area contributed by atoms with Crippen molar-refractivity contribution in [3.63, 3.8) is 0 Å². The smallest absolute Gasteiger partial charge is 0.230 e. The van der Waals surface area contributed by atoms with Crippen LogP contribution in [0.25, 0.3) is 0 Å². The van der Waals surface area contributed by atoms with Crippen LogP contribution in [-0.4, -0.2) is 32.6 Å². The fourth-order valence-electron chi connectivity index (χ4n) is 3.77. The van der Waals surface area contributed by atoms with Crippen molar-refractivity contribution in [1.82, 2.24) is 20.2 Å². The molecule has 0 saturated heterocycles. The lowest BCUT2D eigenvalue weighted by atomic mass is 9.78. The topological polar surface area (TPSA) is 95.1 Å². The highest BCUT2D eigenvalue weighted by Crippen LogP contribution is 2.29. The van der Waals surface area contributed by atoms with Crippen molar-refractivity contribution in [3.8, 4) is 5.75 Å². The van der Waals surface area contributed by atoms with Crippen LogP contribution >= 0.6 is 11.8 Å². The third-order valence-corrected chi connectivity index (χ3v) is 6.98. The first-order valence-corrected chi connectivity index (χ1v) is 11.7. The van der Waals surface area contributed by atoms with Gasteiger partial charge in [0.15, 0.2) is 5.82 Å². The van der Waals surface area contributed by atoms with E-state index in [-0.39, 0.29) is 24.3 Å². The number of carbonyl (C=O) groups excluding carboxylic acids is 1.